The van der Waals surface area contributed by atoms with E-state index in [0.717, 1.165) is 5.52 Å². The summed E-state index contributed by atoms with van der Waals surface area (Å²) in [6.45, 7) is 2.04. The zero-order chi connectivity index (χ0) is 9.26. The second kappa shape index (κ2) is 2.99. The highest BCUT2D eigenvalue weighted by atomic mass is 14.7. The van der Waals surface area contributed by atoms with E-state index < -0.39 is 0 Å². The molecule has 0 aliphatic heterocycles. The maximum atomic E-state index is 5.40. The summed E-state index contributed by atoms with van der Waals surface area (Å²) in [4.78, 5) is 3.17. The van der Waals surface area contributed by atoms with E-state index in [1.54, 1.807) is 0 Å². The van der Waals surface area contributed by atoms with Gasteiger partial charge in [0, 0.05) is 23.0 Å². The van der Waals surface area contributed by atoms with Crippen molar-refractivity contribution in [3.63, 3.8) is 0 Å². The second-order valence-electron chi connectivity index (χ2n) is 3.17. The van der Waals surface area contributed by atoms with Crippen molar-refractivity contribution in [3.8, 4) is 12.3 Å². The third kappa shape index (κ3) is 1.21. The first-order chi connectivity index (χ1) is 6.33. The highest BCUT2D eigenvalue weighted by Crippen LogP contribution is 2.23. The first-order valence-corrected chi connectivity index (χ1v) is 4.35. The summed E-state index contributed by atoms with van der Waals surface area (Å²) >= 11 is 0. The Morgan fingerprint density at radius 1 is 1.38 bits per heavy atom. The molecule has 0 saturated carbocycles. The highest BCUT2D eigenvalue weighted by Gasteiger charge is 2.05. The van der Waals surface area contributed by atoms with Crippen LogP contribution in [0.3, 0.4) is 0 Å². The summed E-state index contributed by atoms with van der Waals surface area (Å²) in [7, 11) is 0. The van der Waals surface area contributed by atoms with Crippen LogP contribution >= 0.6 is 0 Å². The Balaban J connectivity index is 2.69. The number of hydrogen-bond donors (Lipinski definition) is 1. The summed E-state index contributed by atoms with van der Waals surface area (Å²) in [5.41, 5.74) is 2.38. The fourth-order valence-corrected chi connectivity index (χ4v) is 1.58. The molecule has 13 heavy (non-hydrogen) atoms. The van der Waals surface area contributed by atoms with Crippen molar-refractivity contribution in [3.05, 3.63) is 36.0 Å². The van der Waals surface area contributed by atoms with Gasteiger partial charge in [0.25, 0.3) is 0 Å². The average molecular weight is 169 g/mol. The Morgan fingerprint density at radius 2 is 2.23 bits per heavy atom. The zero-order valence-electron chi connectivity index (χ0n) is 7.54. The molecular weight excluding hydrogens is 158 g/mol. The van der Waals surface area contributed by atoms with Gasteiger partial charge in [0.1, 0.15) is 0 Å². The van der Waals surface area contributed by atoms with Crippen LogP contribution < -0.4 is 0 Å². The second-order valence-corrected chi connectivity index (χ2v) is 3.17. The molecule has 1 N–H and O–H groups in total. The van der Waals surface area contributed by atoms with Crippen LogP contribution in [0, 0.1) is 12.3 Å². The summed E-state index contributed by atoms with van der Waals surface area (Å²) in [6.07, 6.45) is 7.35. The Morgan fingerprint density at radius 3 is 3.00 bits per heavy atom. The molecular formula is C12H11N. The molecule has 2 rings (SSSR count). The lowest BCUT2D eigenvalue weighted by atomic mass is 9.98. The van der Waals surface area contributed by atoms with Crippen molar-refractivity contribution in [1.82, 2.24) is 4.98 Å². The molecule has 1 aromatic heterocycles. The average Bonchev–Trinajstić information content (AvgIpc) is 2.63. The van der Waals surface area contributed by atoms with Gasteiger partial charge < -0.3 is 4.98 Å². The highest BCUT2D eigenvalue weighted by molar-refractivity contribution is 5.83. The fraction of sp³-hybridized carbons (Fsp3) is 0.167. The van der Waals surface area contributed by atoms with E-state index in [-0.39, 0.29) is 5.92 Å². The van der Waals surface area contributed by atoms with Crippen LogP contribution in [-0.4, -0.2) is 4.98 Å². The number of rotatable bonds is 1. The van der Waals surface area contributed by atoms with Gasteiger partial charge in [0.2, 0.25) is 0 Å². The van der Waals surface area contributed by atoms with Gasteiger partial charge in [-0.3, -0.25) is 0 Å². The summed E-state index contributed by atoms with van der Waals surface area (Å²) in [5, 5.41) is 1.23. The van der Waals surface area contributed by atoms with Crippen molar-refractivity contribution in [1.29, 1.82) is 0 Å². The van der Waals surface area contributed by atoms with Crippen LogP contribution in [0.4, 0.5) is 0 Å². The van der Waals surface area contributed by atoms with Crippen LogP contribution in [0.25, 0.3) is 10.9 Å². The fourth-order valence-electron chi connectivity index (χ4n) is 1.58. The minimum Gasteiger partial charge on any atom is -0.361 e. The quantitative estimate of drug-likeness (QED) is 0.632. The molecule has 1 unspecified atom stereocenters. The molecule has 1 heterocycles. The Bertz CT molecular complexity index is 459. The summed E-state index contributed by atoms with van der Waals surface area (Å²) in [5.74, 6) is 2.93. The summed E-state index contributed by atoms with van der Waals surface area (Å²) < 4.78 is 0. The molecule has 0 aliphatic rings. The number of nitrogens with one attached hydrogen (secondary N) is 1. The largest absolute Gasteiger partial charge is 0.361 e. The van der Waals surface area contributed by atoms with Crippen LogP contribution in [0.2, 0.25) is 0 Å². The predicted octanol–water partition coefficient (Wildman–Crippen LogP) is 2.90. The lowest BCUT2D eigenvalue weighted by Gasteiger charge is -2.05. The SMILES string of the molecule is C#CC(C)c1cccc2[nH]ccc12. The van der Waals surface area contributed by atoms with Crippen molar-refractivity contribution < 1.29 is 0 Å². The van der Waals surface area contributed by atoms with Gasteiger partial charge in [-0.05, 0) is 24.6 Å². The Kier molecular flexibility index (Phi) is 1.83. The number of aromatic nitrogens is 1. The number of benzene rings is 1. The third-order valence-corrected chi connectivity index (χ3v) is 2.35. The number of H-pyrrole nitrogens is 1. The number of hydrogen-bond acceptors (Lipinski definition) is 0. The molecule has 1 aromatic carbocycles. The maximum Gasteiger partial charge on any atom is 0.0457 e. The molecule has 1 heteroatoms. The van der Waals surface area contributed by atoms with E-state index in [4.69, 9.17) is 6.42 Å². The lowest BCUT2D eigenvalue weighted by molar-refractivity contribution is 1.02. The van der Waals surface area contributed by atoms with Gasteiger partial charge in [-0.1, -0.05) is 18.1 Å². The molecule has 1 atom stereocenters. The van der Waals surface area contributed by atoms with Gasteiger partial charge in [0.15, 0.2) is 0 Å². The maximum absolute atomic E-state index is 5.40. The van der Waals surface area contributed by atoms with Gasteiger partial charge in [-0.25, -0.2) is 0 Å². The van der Waals surface area contributed by atoms with E-state index in [1.807, 2.05) is 19.2 Å². The van der Waals surface area contributed by atoms with Crippen molar-refractivity contribution in [2.75, 3.05) is 0 Å². The zero-order valence-corrected chi connectivity index (χ0v) is 7.54. The molecule has 1 nitrogen and oxygen atoms in total. The van der Waals surface area contributed by atoms with Gasteiger partial charge in [-0.2, -0.15) is 0 Å². The van der Waals surface area contributed by atoms with Crippen LogP contribution in [0.1, 0.15) is 18.4 Å². The molecule has 0 spiro atoms. The van der Waals surface area contributed by atoms with Crippen LogP contribution in [0.5, 0.6) is 0 Å². The normalized spacial score (nSPS) is 12.6. The first kappa shape index (κ1) is 7.94. The molecule has 0 fully saturated rings. The predicted molar refractivity (Wildman–Crippen MR) is 55.5 cm³/mol. The molecule has 0 bridgehead atoms. The minimum atomic E-state index is 0.180. The third-order valence-electron chi connectivity index (χ3n) is 2.35. The van der Waals surface area contributed by atoms with E-state index >= 15 is 0 Å². The van der Waals surface area contributed by atoms with Crippen molar-refractivity contribution >= 4 is 10.9 Å². The topological polar surface area (TPSA) is 15.8 Å². The van der Waals surface area contributed by atoms with Crippen molar-refractivity contribution in [2.45, 2.75) is 12.8 Å². The molecule has 0 saturated heterocycles. The molecule has 0 radical (unpaired) electrons. The van der Waals surface area contributed by atoms with Crippen LogP contribution in [-0.2, 0) is 0 Å². The van der Waals surface area contributed by atoms with E-state index in [2.05, 4.69) is 29.1 Å². The van der Waals surface area contributed by atoms with Gasteiger partial charge in [-0.15, -0.1) is 6.42 Å². The standard InChI is InChI=1S/C12H11N/c1-3-9(2)10-5-4-6-12-11(10)7-8-13-12/h1,4-9,13H,2H3. The van der Waals surface area contributed by atoms with E-state index in [9.17, 15) is 0 Å². The van der Waals surface area contributed by atoms with Crippen molar-refractivity contribution in [2.24, 2.45) is 0 Å². The van der Waals surface area contributed by atoms with Gasteiger partial charge >= 0.3 is 0 Å². The number of aromatic amines is 1. The lowest BCUT2D eigenvalue weighted by Crippen LogP contribution is -1.89. The van der Waals surface area contributed by atoms with Gasteiger partial charge in [0.05, 0.1) is 0 Å². The monoisotopic (exact) mass is 169 g/mol. The minimum absolute atomic E-state index is 0.180. The Hall–Kier alpha value is -1.68. The molecule has 0 amide bonds. The van der Waals surface area contributed by atoms with E-state index in [1.165, 1.54) is 10.9 Å². The van der Waals surface area contributed by atoms with Crippen LogP contribution in [0.15, 0.2) is 30.5 Å². The number of terminal acetylenes is 1. The smallest absolute Gasteiger partial charge is 0.0457 e. The molecule has 64 valence electrons. The first-order valence-electron chi connectivity index (χ1n) is 4.35. The molecule has 2 aromatic rings. The molecule has 0 aliphatic carbocycles. The Labute approximate surface area is 77.8 Å². The summed E-state index contributed by atoms with van der Waals surface area (Å²) in [6, 6.07) is 8.24. The van der Waals surface area contributed by atoms with E-state index in [0.29, 0.717) is 0 Å². The number of fused-ring (bicyclic) bond motifs is 1.